The molecule has 3 aromatic heterocycles. The second kappa shape index (κ2) is 7.17. The molecule has 1 aliphatic carbocycles. The van der Waals surface area contributed by atoms with Crippen LogP contribution in [0.5, 0.6) is 5.75 Å². The first-order valence-electron chi connectivity index (χ1n) is 11.8. The molecule has 6 rings (SSSR count). The van der Waals surface area contributed by atoms with Crippen molar-refractivity contribution >= 4 is 11.1 Å². The van der Waals surface area contributed by atoms with Gasteiger partial charge in [0.1, 0.15) is 28.1 Å². The van der Waals surface area contributed by atoms with Crippen molar-refractivity contribution in [3.05, 3.63) is 75.1 Å². The number of rotatable bonds is 3. The Morgan fingerprint density at radius 2 is 1.92 bits per heavy atom. The summed E-state index contributed by atoms with van der Waals surface area (Å²) in [6, 6.07) is 3.85. The number of aryl methyl sites for hydroxylation is 1. The number of nitrogens with zero attached hydrogens (tertiary/aromatic N) is 2. The van der Waals surface area contributed by atoms with E-state index in [1.54, 1.807) is 41.4 Å². The Kier molecular flexibility index (Phi) is 4.58. The third kappa shape index (κ3) is 2.56. The van der Waals surface area contributed by atoms with Gasteiger partial charge in [-0.2, -0.15) is 22.1 Å². The first kappa shape index (κ1) is 23.6. The van der Waals surface area contributed by atoms with Crippen LogP contribution in [0.25, 0.3) is 22.3 Å². The summed E-state index contributed by atoms with van der Waals surface area (Å²) in [5.74, 6) is -3.08. The number of aromatic amines is 1. The molecule has 1 fully saturated rings. The highest BCUT2D eigenvalue weighted by atomic mass is 19.4. The first-order valence-corrected chi connectivity index (χ1v) is 11.8. The van der Waals surface area contributed by atoms with Crippen molar-refractivity contribution in [1.29, 1.82) is 0 Å². The molecule has 2 unspecified atom stereocenters. The number of H-pyrrole nitrogens is 1. The SMILES string of the molecule is CCC12C(=c3oc(=O)c4c(C)[nH+]cn34)C1(CC)[n+]1ccc(OC)cc1-c1c2cc(F)c(C(F)(F)F)c1F. The maximum atomic E-state index is 15.8. The summed E-state index contributed by atoms with van der Waals surface area (Å²) >= 11 is 0. The van der Waals surface area contributed by atoms with Gasteiger partial charge >= 0.3 is 17.3 Å². The van der Waals surface area contributed by atoms with Gasteiger partial charge in [-0.1, -0.05) is 13.8 Å². The molecule has 2 aliphatic rings. The maximum absolute atomic E-state index is 15.8. The third-order valence-corrected chi connectivity index (χ3v) is 8.14. The van der Waals surface area contributed by atoms with E-state index in [0.29, 0.717) is 23.4 Å². The van der Waals surface area contributed by atoms with Crippen LogP contribution >= 0.6 is 0 Å². The van der Waals surface area contributed by atoms with E-state index >= 15 is 8.78 Å². The minimum absolute atomic E-state index is 0.0768. The highest BCUT2D eigenvalue weighted by Crippen LogP contribution is 2.73. The van der Waals surface area contributed by atoms with Crippen LogP contribution in [-0.2, 0) is 17.1 Å². The molecule has 0 bridgehead atoms. The number of ether oxygens (including phenoxy) is 1. The van der Waals surface area contributed by atoms with Crippen LogP contribution in [0.4, 0.5) is 22.0 Å². The first-order chi connectivity index (χ1) is 17.5. The molecule has 0 amide bonds. The Labute approximate surface area is 206 Å². The molecular formula is C26H22F5N3O3+2. The molecule has 1 aromatic carbocycles. The van der Waals surface area contributed by atoms with E-state index in [-0.39, 0.29) is 34.3 Å². The minimum Gasteiger partial charge on any atom is -0.496 e. The van der Waals surface area contributed by atoms with Gasteiger partial charge in [0.2, 0.25) is 17.6 Å². The molecule has 1 N–H and O–H groups in total. The Hall–Kier alpha value is -3.76. The van der Waals surface area contributed by atoms with Gasteiger partial charge in [-0.15, -0.1) is 0 Å². The molecule has 1 aliphatic heterocycles. The normalized spacial score (nSPS) is 23.6. The van der Waals surface area contributed by atoms with Gasteiger partial charge in [-0.25, -0.2) is 18.6 Å². The fourth-order valence-corrected chi connectivity index (χ4v) is 6.69. The zero-order chi connectivity index (χ0) is 26.7. The van der Waals surface area contributed by atoms with Crippen molar-refractivity contribution < 1.29 is 40.7 Å². The number of halogens is 5. The lowest BCUT2D eigenvalue weighted by Crippen LogP contribution is -2.55. The van der Waals surface area contributed by atoms with Gasteiger partial charge in [0.25, 0.3) is 5.52 Å². The number of nitrogens with one attached hydrogen (secondary N) is 1. The number of benzene rings is 1. The van der Waals surface area contributed by atoms with Crippen LogP contribution in [0.3, 0.4) is 0 Å². The van der Waals surface area contributed by atoms with Crippen molar-refractivity contribution in [3.8, 4) is 17.0 Å². The van der Waals surface area contributed by atoms with Gasteiger partial charge in [0, 0.05) is 19.4 Å². The molecule has 0 saturated heterocycles. The summed E-state index contributed by atoms with van der Waals surface area (Å²) in [4.78, 5) is 15.7. The number of fused-ring (bicyclic) bond motifs is 7. The van der Waals surface area contributed by atoms with Crippen molar-refractivity contribution in [2.45, 2.75) is 50.7 Å². The number of alkyl halides is 3. The van der Waals surface area contributed by atoms with Gasteiger partial charge in [-0.05, 0) is 18.1 Å². The Morgan fingerprint density at radius 1 is 1.19 bits per heavy atom. The molecule has 11 heteroatoms. The molecule has 1 saturated carbocycles. The third-order valence-electron chi connectivity index (χ3n) is 8.14. The lowest BCUT2D eigenvalue weighted by molar-refractivity contribution is -0.729. The summed E-state index contributed by atoms with van der Waals surface area (Å²) in [7, 11) is 1.39. The highest BCUT2D eigenvalue weighted by Gasteiger charge is 2.84. The number of aromatic nitrogens is 3. The molecule has 6 nitrogen and oxygen atoms in total. The predicted molar refractivity (Wildman–Crippen MR) is 120 cm³/mol. The van der Waals surface area contributed by atoms with Crippen molar-refractivity contribution in [2.75, 3.05) is 7.11 Å². The molecule has 0 radical (unpaired) electrons. The van der Waals surface area contributed by atoms with Crippen LogP contribution in [-0.4, -0.2) is 11.5 Å². The van der Waals surface area contributed by atoms with Crippen molar-refractivity contribution in [1.82, 2.24) is 4.40 Å². The van der Waals surface area contributed by atoms with E-state index in [4.69, 9.17) is 9.15 Å². The molecule has 192 valence electrons. The minimum atomic E-state index is -5.25. The number of oxazole rings is 1. The summed E-state index contributed by atoms with van der Waals surface area (Å²) < 4.78 is 86.5. The second-order valence-electron chi connectivity index (χ2n) is 9.45. The summed E-state index contributed by atoms with van der Waals surface area (Å²) in [5, 5.41) is 0. The monoisotopic (exact) mass is 519 g/mol. The van der Waals surface area contributed by atoms with Crippen LogP contribution < -0.4 is 25.5 Å². The molecule has 4 heterocycles. The van der Waals surface area contributed by atoms with E-state index in [1.807, 2.05) is 6.92 Å². The van der Waals surface area contributed by atoms with E-state index < -0.39 is 40.0 Å². The van der Waals surface area contributed by atoms with Gasteiger partial charge in [0.15, 0.2) is 17.7 Å². The van der Waals surface area contributed by atoms with Crippen LogP contribution in [0.15, 0.2) is 39.9 Å². The quantitative estimate of drug-likeness (QED) is 0.307. The lowest BCUT2D eigenvalue weighted by Gasteiger charge is -2.28. The van der Waals surface area contributed by atoms with E-state index in [2.05, 4.69) is 4.98 Å². The molecule has 0 spiro atoms. The molecule has 4 aromatic rings. The Bertz CT molecular complexity index is 1760. The molecular weight excluding hydrogens is 497 g/mol. The zero-order valence-corrected chi connectivity index (χ0v) is 20.3. The average molecular weight is 519 g/mol. The fraction of sp³-hybridized carbons (Fsp3) is 0.346. The van der Waals surface area contributed by atoms with E-state index in [9.17, 15) is 18.0 Å². The summed E-state index contributed by atoms with van der Waals surface area (Å²) in [5.41, 5.74) is -3.18. The van der Waals surface area contributed by atoms with Crippen LogP contribution in [0.2, 0.25) is 0 Å². The van der Waals surface area contributed by atoms with Crippen LogP contribution in [0, 0.1) is 18.6 Å². The lowest BCUT2D eigenvalue weighted by atomic mass is 9.78. The average Bonchev–Trinajstić information content (AvgIpc) is 3.06. The number of pyridine rings is 1. The highest BCUT2D eigenvalue weighted by molar-refractivity contribution is 5.90. The Balaban J connectivity index is 1.86. The predicted octanol–water partition coefficient (Wildman–Crippen LogP) is 3.63. The fourth-order valence-electron chi connectivity index (χ4n) is 6.69. The number of imidazole rings is 1. The summed E-state index contributed by atoms with van der Waals surface area (Å²) in [6.07, 6.45) is -1.37. The largest absolute Gasteiger partial charge is 0.496 e. The standard InChI is InChI=1S/C26H21F5N3O3/c1-5-24-14-10-15(27)18(26(29,30)31)19(28)17(14)16-9-13(36-4)7-8-34(16)25(24,6-2)21(24)22-33-11-32-12(3)20(33)23(35)37-22/h7-11H,5-6H2,1-4H3/q+1/p+1. The maximum Gasteiger partial charge on any atom is 0.422 e. The smallest absolute Gasteiger partial charge is 0.422 e. The van der Waals surface area contributed by atoms with Crippen molar-refractivity contribution in [3.63, 3.8) is 0 Å². The van der Waals surface area contributed by atoms with E-state index in [0.717, 1.165) is 6.07 Å². The number of hydrogen-bond acceptors (Lipinski definition) is 3. The van der Waals surface area contributed by atoms with E-state index in [1.165, 1.54) is 13.2 Å². The van der Waals surface area contributed by atoms with Gasteiger partial charge in [0.05, 0.1) is 18.7 Å². The van der Waals surface area contributed by atoms with Gasteiger partial charge < -0.3 is 9.15 Å². The summed E-state index contributed by atoms with van der Waals surface area (Å²) in [6.45, 7) is 5.39. The Morgan fingerprint density at radius 3 is 2.54 bits per heavy atom. The molecule has 37 heavy (non-hydrogen) atoms. The zero-order valence-electron chi connectivity index (χ0n) is 20.3. The van der Waals surface area contributed by atoms with Crippen molar-refractivity contribution in [2.24, 2.45) is 0 Å². The molecule has 2 atom stereocenters. The topological polar surface area (TPSA) is 61.9 Å². The number of hydrogen-bond donors (Lipinski definition) is 0. The second-order valence-corrected chi connectivity index (χ2v) is 9.45. The van der Waals surface area contributed by atoms with Gasteiger partial charge in [-0.3, -0.25) is 0 Å². The van der Waals surface area contributed by atoms with Crippen LogP contribution in [0.1, 0.15) is 43.5 Å². The number of methoxy groups -OCH3 is 1.